The topological polar surface area (TPSA) is 49.6 Å². The number of amides is 1. The molecule has 1 amide bonds. The van der Waals surface area contributed by atoms with Crippen molar-refractivity contribution in [1.82, 2.24) is 9.80 Å². The maximum Gasteiger partial charge on any atom is 0.219 e. The van der Waals surface area contributed by atoms with Gasteiger partial charge in [-0.3, -0.25) is 9.69 Å². The van der Waals surface area contributed by atoms with Gasteiger partial charge in [-0.1, -0.05) is 12.2 Å². The van der Waals surface area contributed by atoms with Gasteiger partial charge >= 0.3 is 0 Å². The van der Waals surface area contributed by atoms with Crippen molar-refractivity contribution in [2.24, 2.45) is 5.73 Å². The molecule has 1 rings (SSSR count). The summed E-state index contributed by atoms with van der Waals surface area (Å²) in [6.45, 7) is 3.08. The Morgan fingerprint density at radius 3 is 2.13 bits per heavy atom. The molecule has 0 atom stereocenters. The van der Waals surface area contributed by atoms with Crippen LogP contribution in [0.1, 0.15) is 19.8 Å². The minimum Gasteiger partial charge on any atom is -0.392 e. The van der Waals surface area contributed by atoms with Gasteiger partial charge in [0.05, 0.1) is 10.5 Å². The van der Waals surface area contributed by atoms with Crippen molar-refractivity contribution in [1.29, 1.82) is 0 Å². The number of carbonyl (C=O) groups is 1. The van der Waals surface area contributed by atoms with E-state index in [9.17, 15) is 4.79 Å². The van der Waals surface area contributed by atoms with E-state index >= 15 is 0 Å². The number of hydrogen-bond donors (Lipinski definition) is 1. The van der Waals surface area contributed by atoms with Crippen molar-refractivity contribution in [2.45, 2.75) is 25.3 Å². The standard InChI is InChI=1S/C10H19N3OS/c1-8(14)13-6-4-10(5-7-13,9(11)15)12(2)3/h4-7H2,1-3H3,(H2,11,15). The highest BCUT2D eigenvalue weighted by Gasteiger charge is 2.39. The van der Waals surface area contributed by atoms with Crippen LogP contribution in [0.2, 0.25) is 0 Å². The fourth-order valence-electron chi connectivity index (χ4n) is 2.11. The van der Waals surface area contributed by atoms with Gasteiger partial charge in [0.15, 0.2) is 0 Å². The molecule has 1 fully saturated rings. The largest absolute Gasteiger partial charge is 0.392 e. The molecule has 0 unspecified atom stereocenters. The van der Waals surface area contributed by atoms with Gasteiger partial charge in [-0.05, 0) is 26.9 Å². The first-order valence-corrected chi connectivity index (χ1v) is 5.54. The molecular formula is C10H19N3OS. The van der Waals surface area contributed by atoms with Gasteiger partial charge in [-0.2, -0.15) is 0 Å². The van der Waals surface area contributed by atoms with Crippen molar-refractivity contribution in [2.75, 3.05) is 27.2 Å². The third kappa shape index (κ3) is 2.29. The molecule has 0 saturated carbocycles. The summed E-state index contributed by atoms with van der Waals surface area (Å²) >= 11 is 5.14. The smallest absolute Gasteiger partial charge is 0.219 e. The first kappa shape index (κ1) is 12.4. The molecule has 0 spiro atoms. The van der Waals surface area contributed by atoms with Crippen LogP contribution in [0.4, 0.5) is 0 Å². The summed E-state index contributed by atoms with van der Waals surface area (Å²) < 4.78 is 0. The number of carbonyl (C=O) groups excluding carboxylic acids is 1. The molecule has 5 heteroatoms. The summed E-state index contributed by atoms with van der Waals surface area (Å²) in [5, 5.41) is 0. The minimum atomic E-state index is -0.207. The summed E-state index contributed by atoms with van der Waals surface area (Å²) in [5.74, 6) is 0.130. The highest BCUT2D eigenvalue weighted by Crippen LogP contribution is 2.27. The molecule has 0 aromatic heterocycles. The maximum absolute atomic E-state index is 11.2. The average molecular weight is 229 g/mol. The third-order valence-corrected chi connectivity index (χ3v) is 3.73. The lowest BCUT2D eigenvalue weighted by Crippen LogP contribution is -2.59. The maximum atomic E-state index is 11.2. The van der Waals surface area contributed by atoms with Gasteiger partial charge in [0, 0.05) is 20.0 Å². The lowest BCUT2D eigenvalue weighted by atomic mass is 9.86. The number of rotatable bonds is 2. The molecule has 15 heavy (non-hydrogen) atoms. The second-order valence-electron chi connectivity index (χ2n) is 4.30. The van der Waals surface area contributed by atoms with Crippen molar-refractivity contribution >= 4 is 23.1 Å². The number of thiocarbonyl (C=S) groups is 1. The third-order valence-electron chi connectivity index (χ3n) is 3.35. The molecule has 86 valence electrons. The Hall–Kier alpha value is -0.680. The normalized spacial score (nSPS) is 20.4. The molecule has 2 N–H and O–H groups in total. The lowest BCUT2D eigenvalue weighted by Gasteiger charge is -2.45. The molecule has 0 radical (unpaired) electrons. The van der Waals surface area contributed by atoms with Crippen molar-refractivity contribution < 1.29 is 4.79 Å². The first-order chi connectivity index (χ1) is 6.90. The number of hydrogen-bond acceptors (Lipinski definition) is 3. The van der Waals surface area contributed by atoms with E-state index in [2.05, 4.69) is 4.90 Å². The Morgan fingerprint density at radius 2 is 1.87 bits per heavy atom. The Labute approximate surface area is 96.4 Å². The predicted molar refractivity (Wildman–Crippen MR) is 64.7 cm³/mol. The van der Waals surface area contributed by atoms with Crippen LogP contribution in [0.5, 0.6) is 0 Å². The van der Waals surface area contributed by atoms with Crippen LogP contribution in [-0.4, -0.2) is 53.4 Å². The second-order valence-corrected chi connectivity index (χ2v) is 4.74. The van der Waals surface area contributed by atoms with E-state index in [1.807, 2.05) is 19.0 Å². The van der Waals surface area contributed by atoms with Gasteiger partial charge in [0.25, 0.3) is 0 Å². The van der Waals surface area contributed by atoms with Crippen molar-refractivity contribution in [3.63, 3.8) is 0 Å². The van der Waals surface area contributed by atoms with E-state index in [4.69, 9.17) is 18.0 Å². The summed E-state index contributed by atoms with van der Waals surface area (Å²) in [6, 6.07) is 0. The van der Waals surface area contributed by atoms with Crippen LogP contribution in [0.25, 0.3) is 0 Å². The van der Waals surface area contributed by atoms with Crippen LogP contribution in [0, 0.1) is 0 Å². The summed E-state index contributed by atoms with van der Waals surface area (Å²) in [7, 11) is 3.98. The van der Waals surface area contributed by atoms with Gasteiger partial charge < -0.3 is 10.6 Å². The van der Waals surface area contributed by atoms with Gasteiger partial charge in [0.2, 0.25) is 5.91 Å². The number of likely N-dealkylation sites (N-methyl/N-ethyl adjacent to an activating group) is 1. The zero-order valence-corrected chi connectivity index (χ0v) is 10.4. The fourth-order valence-corrected chi connectivity index (χ4v) is 2.49. The van der Waals surface area contributed by atoms with Crippen LogP contribution in [0.15, 0.2) is 0 Å². The van der Waals surface area contributed by atoms with Crippen molar-refractivity contribution in [3.8, 4) is 0 Å². The molecule has 4 nitrogen and oxygen atoms in total. The minimum absolute atomic E-state index is 0.130. The Morgan fingerprint density at radius 1 is 1.40 bits per heavy atom. The summed E-state index contributed by atoms with van der Waals surface area (Å²) in [5.41, 5.74) is 5.60. The average Bonchev–Trinajstić information content (AvgIpc) is 2.17. The summed E-state index contributed by atoms with van der Waals surface area (Å²) in [6.07, 6.45) is 1.66. The van der Waals surface area contributed by atoms with Gasteiger partial charge in [0.1, 0.15) is 0 Å². The fraction of sp³-hybridized carbons (Fsp3) is 0.800. The molecule has 0 bridgehead atoms. The highest BCUT2D eigenvalue weighted by atomic mass is 32.1. The molecule has 1 aliphatic rings. The predicted octanol–water partition coefficient (Wildman–Crippen LogP) is 0.215. The Kier molecular flexibility index (Phi) is 3.67. The second kappa shape index (κ2) is 4.45. The van der Waals surface area contributed by atoms with E-state index < -0.39 is 0 Å². The monoisotopic (exact) mass is 229 g/mol. The molecule has 0 aromatic rings. The lowest BCUT2D eigenvalue weighted by molar-refractivity contribution is -0.130. The number of likely N-dealkylation sites (tertiary alicyclic amines) is 1. The van der Waals surface area contributed by atoms with Crippen LogP contribution in [0.3, 0.4) is 0 Å². The number of piperidine rings is 1. The van der Waals surface area contributed by atoms with E-state index in [0.717, 1.165) is 25.9 Å². The van der Waals surface area contributed by atoms with Crippen LogP contribution < -0.4 is 5.73 Å². The first-order valence-electron chi connectivity index (χ1n) is 5.13. The molecule has 1 heterocycles. The Bertz CT molecular complexity index is 270. The van der Waals surface area contributed by atoms with E-state index in [1.165, 1.54) is 0 Å². The molecule has 0 aromatic carbocycles. The van der Waals surface area contributed by atoms with E-state index in [1.54, 1.807) is 6.92 Å². The highest BCUT2D eigenvalue weighted by molar-refractivity contribution is 7.80. The van der Waals surface area contributed by atoms with E-state index in [-0.39, 0.29) is 11.4 Å². The van der Waals surface area contributed by atoms with E-state index in [0.29, 0.717) is 4.99 Å². The molecule has 1 saturated heterocycles. The molecular weight excluding hydrogens is 210 g/mol. The van der Waals surface area contributed by atoms with Crippen LogP contribution >= 0.6 is 12.2 Å². The van der Waals surface area contributed by atoms with Crippen LogP contribution in [-0.2, 0) is 4.79 Å². The molecule has 0 aliphatic carbocycles. The summed E-state index contributed by atoms with van der Waals surface area (Å²) in [4.78, 5) is 15.7. The van der Waals surface area contributed by atoms with Gasteiger partial charge in [-0.15, -0.1) is 0 Å². The number of nitrogens with two attached hydrogens (primary N) is 1. The zero-order valence-electron chi connectivity index (χ0n) is 9.62. The zero-order chi connectivity index (χ0) is 11.6. The molecule has 1 aliphatic heterocycles. The quantitative estimate of drug-likeness (QED) is 0.688. The van der Waals surface area contributed by atoms with Gasteiger partial charge in [-0.25, -0.2) is 0 Å². The Balaban J connectivity index is 2.74. The van der Waals surface area contributed by atoms with Crippen molar-refractivity contribution in [3.05, 3.63) is 0 Å². The number of nitrogens with zero attached hydrogens (tertiary/aromatic N) is 2. The SMILES string of the molecule is CC(=O)N1CCC(C(N)=S)(N(C)C)CC1.